The Morgan fingerprint density at radius 1 is 1.16 bits per heavy atom. The molecule has 2 aromatic rings. The number of primary sulfonamides is 1. The van der Waals surface area contributed by atoms with Crippen LogP contribution in [0.5, 0.6) is 0 Å². The Balaban J connectivity index is 2.60. The van der Waals surface area contributed by atoms with Crippen LogP contribution in [0.15, 0.2) is 47.4 Å². The minimum Gasteiger partial charge on any atom is -0.392 e. The van der Waals surface area contributed by atoms with E-state index in [1.165, 1.54) is 6.07 Å². The van der Waals surface area contributed by atoms with Crippen molar-refractivity contribution in [1.29, 1.82) is 0 Å². The maximum Gasteiger partial charge on any atom is 0.238 e. The second kappa shape index (κ2) is 5.13. The van der Waals surface area contributed by atoms with E-state index in [1.54, 1.807) is 12.1 Å². The van der Waals surface area contributed by atoms with E-state index < -0.39 is 10.0 Å². The highest BCUT2D eigenvalue weighted by atomic mass is 32.2. The van der Waals surface area contributed by atoms with Crippen molar-refractivity contribution < 1.29 is 13.5 Å². The maximum atomic E-state index is 11.4. The predicted octanol–water partition coefficient (Wildman–Crippen LogP) is 1.80. The number of rotatable bonds is 3. The minimum atomic E-state index is -3.71. The van der Waals surface area contributed by atoms with E-state index >= 15 is 0 Å². The number of hydrogen-bond donors (Lipinski definition) is 2. The van der Waals surface area contributed by atoms with Crippen molar-refractivity contribution in [3.63, 3.8) is 0 Å². The van der Waals surface area contributed by atoms with Crippen LogP contribution >= 0.6 is 0 Å². The SMILES string of the molecule is Cc1c(CO)cccc1-c1cccc(S(N)(=O)=O)c1. The molecule has 0 aliphatic rings. The van der Waals surface area contributed by atoms with Gasteiger partial charge in [0.25, 0.3) is 0 Å². The van der Waals surface area contributed by atoms with Crippen LogP contribution in [-0.2, 0) is 16.6 Å². The van der Waals surface area contributed by atoms with Crippen LogP contribution in [0, 0.1) is 6.92 Å². The Kier molecular flexibility index (Phi) is 3.71. The van der Waals surface area contributed by atoms with Gasteiger partial charge >= 0.3 is 0 Å². The van der Waals surface area contributed by atoms with Gasteiger partial charge in [-0.1, -0.05) is 30.3 Å². The van der Waals surface area contributed by atoms with E-state index in [4.69, 9.17) is 5.14 Å². The van der Waals surface area contributed by atoms with E-state index in [-0.39, 0.29) is 11.5 Å². The largest absolute Gasteiger partial charge is 0.392 e. The first-order chi connectivity index (χ1) is 8.93. The number of aliphatic hydroxyl groups excluding tert-OH is 1. The molecule has 5 heteroatoms. The van der Waals surface area contributed by atoms with Crippen molar-refractivity contribution in [3.8, 4) is 11.1 Å². The lowest BCUT2D eigenvalue weighted by atomic mass is 9.97. The standard InChI is InChI=1S/C14H15NO3S/c1-10-12(9-16)5-3-7-14(10)11-4-2-6-13(8-11)19(15,17)18/h2-8,16H,9H2,1H3,(H2,15,17,18). The highest BCUT2D eigenvalue weighted by molar-refractivity contribution is 7.89. The number of sulfonamides is 1. The molecule has 0 bridgehead atoms. The average molecular weight is 277 g/mol. The van der Waals surface area contributed by atoms with Crippen LogP contribution in [0.1, 0.15) is 11.1 Å². The molecule has 0 saturated carbocycles. The molecule has 0 aliphatic heterocycles. The third kappa shape index (κ3) is 2.84. The van der Waals surface area contributed by atoms with E-state index in [0.29, 0.717) is 0 Å². The first kappa shape index (κ1) is 13.7. The molecule has 4 nitrogen and oxygen atoms in total. The van der Waals surface area contributed by atoms with E-state index in [2.05, 4.69) is 0 Å². The van der Waals surface area contributed by atoms with E-state index in [0.717, 1.165) is 22.3 Å². The van der Waals surface area contributed by atoms with Crippen molar-refractivity contribution in [2.24, 2.45) is 5.14 Å². The summed E-state index contributed by atoms with van der Waals surface area (Å²) in [7, 11) is -3.71. The lowest BCUT2D eigenvalue weighted by Gasteiger charge is -2.10. The molecule has 0 unspecified atom stereocenters. The van der Waals surface area contributed by atoms with Crippen LogP contribution < -0.4 is 5.14 Å². The monoisotopic (exact) mass is 277 g/mol. The molecule has 0 aliphatic carbocycles. The quantitative estimate of drug-likeness (QED) is 0.897. The lowest BCUT2D eigenvalue weighted by molar-refractivity contribution is 0.281. The topological polar surface area (TPSA) is 80.4 Å². The molecule has 0 fully saturated rings. The zero-order valence-corrected chi connectivity index (χ0v) is 11.3. The Hall–Kier alpha value is -1.69. The van der Waals surface area contributed by atoms with E-state index in [9.17, 15) is 13.5 Å². The van der Waals surface area contributed by atoms with Gasteiger partial charge < -0.3 is 5.11 Å². The zero-order valence-electron chi connectivity index (χ0n) is 10.5. The molecule has 2 rings (SSSR count). The van der Waals surface area contributed by atoms with Crippen molar-refractivity contribution in [2.45, 2.75) is 18.4 Å². The number of hydrogen-bond acceptors (Lipinski definition) is 3. The van der Waals surface area contributed by atoms with Gasteiger partial charge in [-0.25, -0.2) is 13.6 Å². The summed E-state index contributed by atoms with van der Waals surface area (Å²) < 4.78 is 22.7. The Bertz CT molecular complexity index is 708. The Morgan fingerprint density at radius 2 is 1.84 bits per heavy atom. The highest BCUT2D eigenvalue weighted by Gasteiger charge is 2.11. The smallest absolute Gasteiger partial charge is 0.238 e. The molecule has 0 spiro atoms. The van der Waals surface area contributed by atoms with Crippen LogP contribution in [0.2, 0.25) is 0 Å². The number of aliphatic hydroxyl groups is 1. The predicted molar refractivity (Wildman–Crippen MR) is 73.9 cm³/mol. The third-order valence-corrected chi connectivity index (χ3v) is 4.00. The average Bonchev–Trinajstić information content (AvgIpc) is 2.38. The summed E-state index contributed by atoms with van der Waals surface area (Å²) in [6.07, 6.45) is 0. The highest BCUT2D eigenvalue weighted by Crippen LogP contribution is 2.27. The second-order valence-electron chi connectivity index (χ2n) is 4.32. The Labute approximate surface area is 112 Å². The van der Waals surface area contributed by atoms with Gasteiger partial charge in [0.2, 0.25) is 10.0 Å². The summed E-state index contributed by atoms with van der Waals surface area (Å²) >= 11 is 0. The molecule has 0 amide bonds. The second-order valence-corrected chi connectivity index (χ2v) is 5.88. The van der Waals surface area contributed by atoms with Crippen molar-refractivity contribution in [3.05, 3.63) is 53.6 Å². The molecule has 0 heterocycles. The third-order valence-electron chi connectivity index (χ3n) is 3.09. The van der Waals surface area contributed by atoms with Crippen LogP contribution in [0.4, 0.5) is 0 Å². The molecular weight excluding hydrogens is 262 g/mol. The molecule has 0 atom stereocenters. The fourth-order valence-electron chi connectivity index (χ4n) is 2.01. The summed E-state index contributed by atoms with van der Waals surface area (Å²) in [6.45, 7) is 1.85. The van der Waals surface area contributed by atoms with Gasteiger partial charge in [0, 0.05) is 0 Å². The van der Waals surface area contributed by atoms with Gasteiger partial charge in [-0.15, -0.1) is 0 Å². The fourth-order valence-corrected chi connectivity index (χ4v) is 2.57. The summed E-state index contributed by atoms with van der Waals surface area (Å²) in [5.41, 5.74) is 3.39. The first-order valence-corrected chi connectivity index (χ1v) is 7.30. The minimum absolute atomic E-state index is 0.0471. The molecule has 0 radical (unpaired) electrons. The molecule has 0 saturated heterocycles. The maximum absolute atomic E-state index is 11.4. The van der Waals surface area contributed by atoms with Gasteiger partial charge in [-0.3, -0.25) is 0 Å². The number of nitrogens with two attached hydrogens (primary N) is 1. The zero-order chi connectivity index (χ0) is 14.0. The van der Waals surface area contributed by atoms with Gasteiger partial charge in [0.15, 0.2) is 0 Å². The molecular formula is C14H15NO3S. The normalized spacial score (nSPS) is 11.5. The molecule has 0 aromatic heterocycles. The van der Waals surface area contributed by atoms with Crippen molar-refractivity contribution >= 4 is 10.0 Å². The van der Waals surface area contributed by atoms with Gasteiger partial charge in [0.1, 0.15) is 0 Å². The van der Waals surface area contributed by atoms with Gasteiger partial charge in [0.05, 0.1) is 11.5 Å². The molecule has 19 heavy (non-hydrogen) atoms. The molecule has 100 valence electrons. The van der Waals surface area contributed by atoms with Crippen molar-refractivity contribution in [1.82, 2.24) is 0 Å². The molecule has 2 aromatic carbocycles. The summed E-state index contributed by atoms with van der Waals surface area (Å²) in [5.74, 6) is 0. The first-order valence-electron chi connectivity index (χ1n) is 5.76. The van der Waals surface area contributed by atoms with Gasteiger partial charge in [-0.2, -0.15) is 0 Å². The molecule has 3 N–H and O–H groups in total. The number of benzene rings is 2. The lowest BCUT2D eigenvalue weighted by Crippen LogP contribution is -2.12. The van der Waals surface area contributed by atoms with Crippen LogP contribution in [-0.4, -0.2) is 13.5 Å². The summed E-state index contributed by atoms with van der Waals surface area (Å²) in [4.78, 5) is 0.0822. The van der Waals surface area contributed by atoms with Crippen LogP contribution in [0.25, 0.3) is 11.1 Å². The van der Waals surface area contributed by atoms with Crippen molar-refractivity contribution in [2.75, 3.05) is 0 Å². The Morgan fingerprint density at radius 3 is 2.47 bits per heavy atom. The summed E-state index contributed by atoms with van der Waals surface area (Å²) in [6, 6.07) is 12.0. The summed E-state index contributed by atoms with van der Waals surface area (Å²) in [5, 5.41) is 14.4. The van der Waals surface area contributed by atoms with Gasteiger partial charge in [-0.05, 0) is 41.3 Å². The van der Waals surface area contributed by atoms with E-state index in [1.807, 2.05) is 31.2 Å². The fraction of sp³-hybridized carbons (Fsp3) is 0.143. The van der Waals surface area contributed by atoms with Crippen LogP contribution in [0.3, 0.4) is 0 Å².